The molecule has 5 rings (SSSR count). The Kier molecular flexibility index (Phi) is 5.68. The van der Waals surface area contributed by atoms with Gasteiger partial charge in [0.15, 0.2) is 5.78 Å². The molecule has 3 aliphatic rings. The molecule has 31 heavy (non-hydrogen) atoms. The van der Waals surface area contributed by atoms with Crippen LogP contribution in [-0.4, -0.2) is 40.6 Å². The number of Topliss-reactive ketones (excluding diaryl/α,β-unsaturated/α-hetero) is 1. The molecule has 1 heterocycles. The molecule has 2 bridgehead atoms. The number of thiol groups is 1. The Balaban J connectivity index is 0.000000150. The Morgan fingerprint density at radius 1 is 1.10 bits per heavy atom. The Bertz CT molecular complexity index is 1120. The molecule has 4 unspecified atom stereocenters. The number of benzene rings is 2. The Labute approximate surface area is 188 Å². The van der Waals surface area contributed by atoms with Crippen LogP contribution in [0.2, 0.25) is 0 Å². The van der Waals surface area contributed by atoms with Gasteiger partial charge >= 0.3 is 0 Å². The van der Waals surface area contributed by atoms with Crippen LogP contribution >= 0.6 is 0 Å². The van der Waals surface area contributed by atoms with Crippen molar-refractivity contribution in [1.82, 2.24) is 0 Å². The fourth-order valence-corrected chi connectivity index (χ4v) is 8.62. The predicted octanol–water partition coefficient (Wildman–Crippen LogP) is 3.77. The van der Waals surface area contributed by atoms with Crippen molar-refractivity contribution in [2.45, 2.75) is 51.2 Å². The molecule has 2 saturated carbocycles. The van der Waals surface area contributed by atoms with Gasteiger partial charge in [0.1, 0.15) is 32.6 Å². The Morgan fingerprint density at radius 3 is 2.35 bits per heavy atom. The van der Waals surface area contributed by atoms with Gasteiger partial charge < -0.3 is 9.66 Å². The second-order valence-corrected chi connectivity index (χ2v) is 12.6. The highest BCUT2D eigenvalue weighted by Gasteiger charge is 2.67. The molecular weight excluding hydrogens is 432 g/mol. The molecule has 4 atom stereocenters. The minimum absolute atomic E-state index is 0.294. The van der Waals surface area contributed by atoms with E-state index in [1.165, 1.54) is 46.0 Å². The maximum absolute atomic E-state index is 12.0. The molecule has 2 aromatic rings. The second-order valence-electron chi connectivity index (χ2n) is 9.81. The van der Waals surface area contributed by atoms with Gasteiger partial charge in [-0.3, -0.25) is 4.79 Å². The van der Waals surface area contributed by atoms with E-state index in [1.807, 2.05) is 26.0 Å². The number of phenols is 1. The summed E-state index contributed by atoms with van der Waals surface area (Å²) in [5.74, 6) is 2.83. The number of hydrogen-bond acceptors (Lipinski definition) is 5. The highest BCUT2D eigenvalue weighted by atomic mass is 32.2. The maximum Gasteiger partial charge on any atom is 0.156 e. The van der Waals surface area contributed by atoms with Crippen molar-refractivity contribution in [1.29, 1.82) is 0 Å². The van der Waals surface area contributed by atoms with Crippen molar-refractivity contribution in [2.24, 2.45) is 16.7 Å². The van der Waals surface area contributed by atoms with Crippen LogP contribution in [0.3, 0.4) is 0 Å². The molecular formula is C24H30O5S2. The third kappa shape index (κ3) is 3.58. The predicted molar refractivity (Wildman–Crippen MR) is 125 cm³/mol. The molecule has 3 fully saturated rings. The zero-order valence-corrected chi connectivity index (χ0v) is 19.9. The van der Waals surface area contributed by atoms with Crippen molar-refractivity contribution in [3.63, 3.8) is 0 Å². The van der Waals surface area contributed by atoms with Gasteiger partial charge in [-0.25, -0.2) is 8.42 Å². The molecule has 7 heteroatoms. The first-order valence-corrected chi connectivity index (χ1v) is 13.5. The van der Waals surface area contributed by atoms with Gasteiger partial charge in [0, 0.05) is 23.3 Å². The van der Waals surface area contributed by atoms with Crippen LogP contribution in [0.4, 0.5) is 0 Å². The number of ketones is 1. The van der Waals surface area contributed by atoms with E-state index in [2.05, 4.69) is 24.3 Å². The fourth-order valence-electron chi connectivity index (χ4n) is 5.87. The third-order valence-electron chi connectivity index (χ3n) is 8.12. The number of fused-ring (bicyclic) bond motifs is 3. The van der Waals surface area contributed by atoms with E-state index in [0.29, 0.717) is 24.5 Å². The van der Waals surface area contributed by atoms with E-state index in [9.17, 15) is 22.9 Å². The van der Waals surface area contributed by atoms with E-state index in [1.54, 1.807) is 6.92 Å². The summed E-state index contributed by atoms with van der Waals surface area (Å²) in [5, 5.41) is 11.2. The van der Waals surface area contributed by atoms with Crippen LogP contribution in [-0.2, 0) is 26.7 Å². The van der Waals surface area contributed by atoms with E-state index in [-0.39, 0.29) is 17.1 Å². The normalized spacial score (nSPS) is 31.6. The lowest BCUT2D eigenvalue weighted by Gasteiger charge is -2.32. The van der Waals surface area contributed by atoms with Crippen molar-refractivity contribution in [3.05, 3.63) is 42.0 Å². The van der Waals surface area contributed by atoms with Crippen molar-refractivity contribution in [3.8, 4) is 5.75 Å². The van der Waals surface area contributed by atoms with Crippen LogP contribution in [0.1, 0.15) is 51.5 Å². The van der Waals surface area contributed by atoms with E-state index in [4.69, 9.17) is 0 Å². The average molecular weight is 463 g/mol. The second kappa shape index (κ2) is 7.78. The summed E-state index contributed by atoms with van der Waals surface area (Å²) < 4.78 is 33.3. The van der Waals surface area contributed by atoms with Crippen LogP contribution < -0.4 is 0 Å². The van der Waals surface area contributed by atoms with Crippen molar-refractivity contribution >= 4 is 38.4 Å². The third-order valence-corrected chi connectivity index (χ3v) is 10.6. The Morgan fingerprint density at radius 2 is 1.81 bits per heavy atom. The summed E-state index contributed by atoms with van der Waals surface area (Å²) in [5.41, 5.74) is 0.176. The topological polar surface area (TPSA) is 94.5 Å². The van der Waals surface area contributed by atoms with E-state index in [0.717, 1.165) is 0 Å². The van der Waals surface area contributed by atoms with Gasteiger partial charge in [-0.05, 0) is 52.8 Å². The molecule has 1 N–H and O–H groups in total. The smallest absolute Gasteiger partial charge is 0.156 e. The van der Waals surface area contributed by atoms with Gasteiger partial charge in [-0.1, -0.05) is 51.1 Å². The first-order valence-electron chi connectivity index (χ1n) is 10.8. The van der Waals surface area contributed by atoms with Gasteiger partial charge in [0.05, 0.1) is 0 Å². The SMILES string of the molecule is CC12CCC(C(S(=O)(=O)[O-])C1=O)C2(C)C.Oc1ccc2ccccc2c1C1CC[SH+]C1. The molecule has 168 valence electrons. The molecule has 0 radical (unpaired) electrons. The minimum atomic E-state index is -4.49. The van der Waals surface area contributed by atoms with Gasteiger partial charge in [0.25, 0.3) is 0 Å². The lowest BCUT2D eigenvalue weighted by atomic mass is 9.70. The number of aromatic hydroxyl groups is 1. The summed E-state index contributed by atoms with van der Waals surface area (Å²) >= 11 is 1.53. The first kappa shape index (κ1) is 22.6. The average Bonchev–Trinajstić information content (AvgIpc) is 3.34. The molecule has 1 aliphatic heterocycles. The number of phenolic OH excluding ortho intramolecular Hbond substituents is 1. The number of rotatable bonds is 2. The largest absolute Gasteiger partial charge is 0.747 e. The lowest BCUT2D eigenvalue weighted by molar-refractivity contribution is -0.128. The van der Waals surface area contributed by atoms with Crippen LogP contribution in [0.5, 0.6) is 5.75 Å². The van der Waals surface area contributed by atoms with Gasteiger partial charge in [0.2, 0.25) is 0 Å². The molecule has 0 spiro atoms. The molecule has 2 aliphatic carbocycles. The molecule has 2 aromatic carbocycles. The summed E-state index contributed by atoms with van der Waals surface area (Å²) in [6.45, 7) is 5.59. The quantitative estimate of drug-likeness (QED) is 0.416. The summed E-state index contributed by atoms with van der Waals surface area (Å²) in [7, 11) is -4.49. The summed E-state index contributed by atoms with van der Waals surface area (Å²) in [6.07, 6.45) is 2.58. The monoisotopic (exact) mass is 462 g/mol. The molecule has 0 aromatic heterocycles. The zero-order valence-electron chi connectivity index (χ0n) is 18.2. The summed E-state index contributed by atoms with van der Waals surface area (Å²) in [4.78, 5) is 12.0. The van der Waals surface area contributed by atoms with Crippen molar-refractivity contribution in [2.75, 3.05) is 11.5 Å². The maximum atomic E-state index is 12.0. The van der Waals surface area contributed by atoms with Crippen LogP contribution in [0.25, 0.3) is 10.8 Å². The highest BCUT2D eigenvalue weighted by Crippen LogP contribution is 2.64. The number of carbonyl (C=O) groups excluding carboxylic acids is 1. The number of carbonyl (C=O) groups is 1. The van der Waals surface area contributed by atoms with E-state index >= 15 is 0 Å². The van der Waals surface area contributed by atoms with Crippen molar-refractivity contribution < 1.29 is 22.9 Å². The lowest BCUT2D eigenvalue weighted by Crippen LogP contribution is -2.38. The molecule has 5 nitrogen and oxygen atoms in total. The first-order chi connectivity index (χ1) is 14.5. The van der Waals surface area contributed by atoms with Gasteiger partial charge in [-0.2, -0.15) is 0 Å². The zero-order chi connectivity index (χ0) is 22.6. The van der Waals surface area contributed by atoms with Gasteiger partial charge in [-0.15, -0.1) is 0 Å². The highest BCUT2D eigenvalue weighted by molar-refractivity contribution is 7.87. The molecule has 0 amide bonds. The fraction of sp³-hybridized carbons (Fsp3) is 0.542. The minimum Gasteiger partial charge on any atom is -0.747 e. The number of hydrogen-bond donors (Lipinski definition) is 1. The standard InChI is InChI=1S/C14H14OS.C10H16O4S/c15-13-6-5-10-3-1-2-4-12(10)14(13)11-7-8-16-9-11;1-9(2)6-4-5-10(9,3)8(11)7(6)15(12,13)14/h1-6,11,15H,7-9H2;6-7H,4-5H2,1-3H3,(H,12,13,14). The van der Waals surface area contributed by atoms with Crippen LogP contribution in [0, 0.1) is 16.7 Å². The summed E-state index contributed by atoms with van der Waals surface area (Å²) in [6, 6.07) is 12.2. The van der Waals surface area contributed by atoms with Crippen LogP contribution in [0.15, 0.2) is 36.4 Å². The van der Waals surface area contributed by atoms with E-state index < -0.39 is 20.8 Å². The Hall–Kier alpha value is -1.57. The molecule has 1 saturated heterocycles.